The van der Waals surface area contributed by atoms with Crippen molar-refractivity contribution in [3.8, 4) is 5.75 Å². The van der Waals surface area contributed by atoms with E-state index in [0.29, 0.717) is 6.42 Å². The predicted molar refractivity (Wildman–Crippen MR) is 67.5 cm³/mol. The maximum absolute atomic E-state index is 10.8. The first-order chi connectivity index (χ1) is 8.02. The molecular formula is C13H20N2O2. The smallest absolute Gasteiger partial charge is 0.217 e. The summed E-state index contributed by atoms with van der Waals surface area (Å²) >= 11 is 0. The van der Waals surface area contributed by atoms with Gasteiger partial charge in [-0.15, -0.1) is 0 Å². The van der Waals surface area contributed by atoms with Gasteiger partial charge in [0.25, 0.3) is 0 Å². The number of hydrogen-bond acceptors (Lipinski definition) is 3. The summed E-state index contributed by atoms with van der Waals surface area (Å²) < 4.78 is 5.08. The zero-order chi connectivity index (χ0) is 12.8. The third kappa shape index (κ3) is 4.44. The van der Waals surface area contributed by atoms with E-state index in [9.17, 15) is 4.79 Å². The first-order valence-electron chi connectivity index (χ1n) is 5.70. The van der Waals surface area contributed by atoms with Crippen molar-refractivity contribution in [2.24, 2.45) is 17.4 Å². The average molecular weight is 236 g/mol. The highest BCUT2D eigenvalue weighted by Crippen LogP contribution is 2.22. The third-order valence-corrected chi connectivity index (χ3v) is 2.75. The van der Waals surface area contributed by atoms with E-state index in [1.165, 1.54) is 0 Å². The average Bonchev–Trinajstić information content (AvgIpc) is 2.28. The summed E-state index contributed by atoms with van der Waals surface area (Å²) in [7, 11) is 1.63. The van der Waals surface area contributed by atoms with Crippen LogP contribution in [0.4, 0.5) is 0 Å². The van der Waals surface area contributed by atoms with Gasteiger partial charge in [-0.1, -0.05) is 19.1 Å². The Labute approximate surface area is 102 Å². The van der Waals surface area contributed by atoms with Gasteiger partial charge in [0.05, 0.1) is 7.11 Å². The van der Waals surface area contributed by atoms with E-state index in [1.54, 1.807) is 7.11 Å². The normalized spacial score (nSPS) is 14.1. The number of carbonyl (C=O) groups is 1. The van der Waals surface area contributed by atoms with Crippen LogP contribution >= 0.6 is 0 Å². The molecule has 0 aliphatic carbocycles. The minimum absolute atomic E-state index is 0.0738. The molecule has 4 nitrogen and oxygen atoms in total. The quantitative estimate of drug-likeness (QED) is 0.787. The molecule has 0 fully saturated rings. The standard InChI is InChI=1S/C13H20N2O2/c1-9(8-13(15)16)7-12(14)10-3-5-11(17-2)6-4-10/h3-6,9,12H,7-8,14H2,1-2H3,(H2,15,16). The number of hydrogen-bond donors (Lipinski definition) is 2. The second-order valence-corrected chi connectivity index (χ2v) is 4.39. The molecule has 0 spiro atoms. The highest BCUT2D eigenvalue weighted by molar-refractivity contribution is 5.73. The van der Waals surface area contributed by atoms with Gasteiger partial charge in [-0.3, -0.25) is 4.79 Å². The van der Waals surface area contributed by atoms with Crippen LogP contribution in [0.3, 0.4) is 0 Å². The van der Waals surface area contributed by atoms with Crippen molar-refractivity contribution in [1.29, 1.82) is 0 Å². The summed E-state index contributed by atoms with van der Waals surface area (Å²) in [4.78, 5) is 10.8. The Kier molecular flexibility index (Phi) is 4.97. The van der Waals surface area contributed by atoms with E-state index in [2.05, 4.69) is 0 Å². The molecule has 4 heteroatoms. The highest BCUT2D eigenvalue weighted by atomic mass is 16.5. The summed E-state index contributed by atoms with van der Waals surface area (Å²) in [5, 5.41) is 0. The van der Waals surface area contributed by atoms with E-state index in [0.717, 1.165) is 17.7 Å². The molecule has 94 valence electrons. The third-order valence-electron chi connectivity index (χ3n) is 2.75. The molecule has 17 heavy (non-hydrogen) atoms. The Balaban J connectivity index is 2.56. The van der Waals surface area contributed by atoms with Crippen LogP contribution in [-0.4, -0.2) is 13.0 Å². The van der Waals surface area contributed by atoms with Gasteiger partial charge in [-0.05, 0) is 30.0 Å². The lowest BCUT2D eigenvalue weighted by Gasteiger charge is -2.16. The van der Waals surface area contributed by atoms with Gasteiger partial charge >= 0.3 is 0 Å². The second kappa shape index (κ2) is 6.25. The molecular weight excluding hydrogens is 216 g/mol. The van der Waals surface area contributed by atoms with Gasteiger partial charge in [-0.25, -0.2) is 0 Å². The number of benzene rings is 1. The topological polar surface area (TPSA) is 78.3 Å². The zero-order valence-corrected chi connectivity index (χ0v) is 10.3. The van der Waals surface area contributed by atoms with Crippen molar-refractivity contribution < 1.29 is 9.53 Å². The summed E-state index contributed by atoms with van der Waals surface area (Å²) in [5.74, 6) is 0.732. The van der Waals surface area contributed by atoms with Gasteiger partial charge in [-0.2, -0.15) is 0 Å². The van der Waals surface area contributed by atoms with Gasteiger partial charge in [0.15, 0.2) is 0 Å². The SMILES string of the molecule is COc1ccc(C(N)CC(C)CC(N)=O)cc1. The van der Waals surface area contributed by atoms with Crippen LogP contribution in [0, 0.1) is 5.92 Å². The number of amides is 1. The van der Waals surface area contributed by atoms with Gasteiger partial charge in [0.2, 0.25) is 5.91 Å². The lowest BCUT2D eigenvalue weighted by Crippen LogP contribution is -2.19. The lowest BCUT2D eigenvalue weighted by molar-refractivity contribution is -0.118. The molecule has 2 unspecified atom stereocenters. The minimum atomic E-state index is -0.278. The Morgan fingerprint density at radius 2 is 1.94 bits per heavy atom. The molecule has 0 aliphatic rings. The Hall–Kier alpha value is -1.55. The minimum Gasteiger partial charge on any atom is -0.497 e. The predicted octanol–water partition coefficient (Wildman–Crippen LogP) is 1.60. The molecule has 0 saturated heterocycles. The van der Waals surface area contributed by atoms with E-state index in [4.69, 9.17) is 16.2 Å². The summed E-state index contributed by atoms with van der Waals surface area (Å²) in [6, 6.07) is 7.58. The van der Waals surface area contributed by atoms with Crippen molar-refractivity contribution in [3.63, 3.8) is 0 Å². The van der Waals surface area contributed by atoms with Crippen molar-refractivity contribution in [2.75, 3.05) is 7.11 Å². The van der Waals surface area contributed by atoms with Crippen LogP contribution in [0.1, 0.15) is 31.4 Å². The molecule has 0 heterocycles. The van der Waals surface area contributed by atoms with Crippen molar-refractivity contribution in [2.45, 2.75) is 25.8 Å². The summed E-state index contributed by atoms with van der Waals surface area (Å²) in [5.41, 5.74) is 12.3. The van der Waals surface area contributed by atoms with Crippen LogP contribution in [-0.2, 0) is 4.79 Å². The Morgan fingerprint density at radius 1 is 1.35 bits per heavy atom. The van der Waals surface area contributed by atoms with Crippen LogP contribution in [0.5, 0.6) is 5.75 Å². The van der Waals surface area contributed by atoms with E-state index in [1.807, 2.05) is 31.2 Å². The van der Waals surface area contributed by atoms with Crippen molar-refractivity contribution in [1.82, 2.24) is 0 Å². The van der Waals surface area contributed by atoms with Gasteiger partial charge < -0.3 is 16.2 Å². The van der Waals surface area contributed by atoms with E-state index < -0.39 is 0 Å². The number of primary amides is 1. The van der Waals surface area contributed by atoms with E-state index >= 15 is 0 Å². The van der Waals surface area contributed by atoms with Crippen LogP contribution in [0.25, 0.3) is 0 Å². The number of rotatable bonds is 6. The Bertz CT molecular complexity index is 362. The Morgan fingerprint density at radius 3 is 2.41 bits per heavy atom. The largest absolute Gasteiger partial charge is 0.497 e. The first-order valence-corrected chi connectivity index (χ1v) is 5.70. The first kappa shape index (κ1) is 13.5. The maximum Gasteiger partial charge on any atom is 0.217 e. The fraction of sp³-hybridized carbons (Fsp3) is 0.462. The molecule has 0 aliphatic heterocycles. The van der Waals surface area contributed by atoms with Crippen LogP contribution in [0.2, 0.25) is 0 Å². The molecule has 0 saturated carbocycles. The molecule has 1 aromatic rings. The fourth-order valence-corrected chi connectivity index (χ4v) is 1.85. The number of ether oxygens (including phenoxy) is 1. The fourth-order valence-electron chi connectivity index (χ4n) is 1.85. The van der Waals surface area contributed by atoms with Crippen molar-refractivity contribution in [3.05, 3.63) is 29.8 Å². The number of carbonyl (C=O) groups excluding carboxylic acids is 1. The zero-order valence-electron chi connectivity index (χ0n) is 10.3. The number of nitrogens with two attached hydrogens (primary N) is 2. The molecule has 0 aromatic heterocycles. The summed E-state index contributed by atoms with van der Waals surface area (Å²) in [6.07, 6.45) is 1.12. The van der Waals surface area contributed by atoms with Crippen LogP contribution < -0.4 is 16.2 Å². The molecule has 4 N–H and O–H groups in total. The van der Waals surface area contributed by atoms with E-state index in [-0.39, 0.29) is 17.9 Å². The molecule has 1 amide bonds. The molecule has 1 rings (SSSR count). The van der Waals surface area contributed by atoms with Crippen molar-refractivity contribution >= 4 is 5.91 Å². The maximum atomic E-state index is 10.8. The molecule has 2 atom stereocenters. The van der Waals surface area contributed by atoms with Gasteiger partial charge in [0.1, 0.15) is 5.75 Å². The highest BCUT2D eigenvalue weighted by Gasteiger charge is 2.13. The monoisotopic (exact) mass is 236 g/mol. The summed E-state index contributed by atoms with van der Waals surface area (Å²) in [6.45, 7) is 1.98. The molecule has 0 bridgehead atoms. The van der Waals surface area contributed by atoms with Crippen LogP contribution in [0.15, 0.2) is 24.3 Å². The molecule has 1 aromatic carbocycles. The second-order valence-electron chi connectivity index (χ2n) is 4.39. The molecule has 0 radical (unpaired) electrons. The number of methoxy groups -OCH3 is 1. The lowest BCUT2D eigenvalue weighted by atomic mass is 9.94. The van der Waals surface area contributed by atoms with Gasteiger partial charge in [0, 0.05) is 12.5 Å².